The lowest BCUT2D eigenvalue weighted by Crippen LogP contribution is -2.01. The quantitative estimate of drug-likeness (QED) is 0.442. The fourth-order valence-corrected chi connectivity index (χ4v) is 3.11. The summed E-state index contributed by atoms with van der Waals surface area (Å²) in [6.07, 6.45) is 0. The monoisotopic (exact) mass is 341 g/mol. The van der Waals surface area contributed by atoms with Crippen LogP contribution in [0.3, 0.4) is 0 Å². The maximum absolute atomic E-state index is 11.7. The number of benzene rings is 3. The predicted molar refractivity (Wildman–Crippen MR) is 87.7 cm³/mol. The summed E-state index contributed by atoms with van der Waals surface area (Å²) >= 11 is 0. The number of nitro benzene ring substituents is 1. The summed E-state index contributed by atoms with van der Waals surface area (Å²) < 4.78 is 16.0. The van der Waals surface area contributed by atoms with Gasteiger partial charge in [0.15, 0.2) is 11.5 Å². The van der Waals surface area contributed by atoms with Gasteiger partial charge in [-0.2, -0.15) is 0 Å². The molecule has 0 saturated carbocycles. The van der Waals surface area contributed by atoms with Crippen LogP contribution in [0.4, 0.5) is 5.69 Å². The van der Waals surface area contributed by atoms with E-state index in [0.29, 0.717) is 27.7 Å². The van der Waals surface area contributed by atoms with Gasteiger partial charge in [0.1, 0.15) is 5.75 Å². The first-order valence-electron chi connectivity index (χ1n) is 7.26. The first kappa shape index (κ1) is 15.0. The summed E-state index contributed by atoms with van der Waals surface area (Å²) in [5.41, 5.74) is -0.518. The number of carboxylic acids is 1. The summed E-state index contributed by atoms with van der Waals surface area (Å²) in [6, 6.07) is 7.67. The van der Waals surface area contributed by atoms with Gasteiger partial charge >= 0.3 is 5.97 Å². The number of non-ortho nitro benzene ring substituents is 1. The Morgan fingerprint density at radius 1 is 1.24 bits per heavy atom. The maximum Gasteiger partial charge on any atom is 0.336 e. The molecule has 0 spiro atoms. The normalized spacial score (nSPS) is 12.5. The van der Waals surface area contributed by atoms with E-state index in [1.165, 1.54) is 19.2 Å². The Labute approximate surface area is 140 Å². The van der Waals surface area contributed by atoms with E-state index in [9.17, 15) is 20.0 Å². The van der Waals surface area contributed by atoms with Crippen molar-refractivity contribution in [3.63, 3.8) is 0 Å². The molecule has 0 radical (unpaired) electrons. The number of carboxylic acid groups (broad SMARTS) is 1. The molecular formula is C17H11NO7. The van der Waals surface area contributed by atoms with E-state index in [2.05, 4.69) is 0 Å². The average Bonchev–Trinajstić information content (AvgIpc) is 3.07. The molecule has 0 saturated heterocycles. The fraction of sp³-hybridized carbons (Fsp3) is 0.118. The van der Waals surface area contributed by atoms with Crippen LogP contribution in [0.5, 0.6) is 17.2 Å². The van der Waals surface area contributed by atoms with Gasteiger partial charge < -0.3 is 19.3 Å². The molecule has 0 fully saturated rings. The smallest absolute Gasteiger partial charge is 0.336 e. The van der Waals surface area contributed by atoms with Crippen LogP contribution in [0.1, 0.15) is 10.4 Å². The van der Waals surface area contributed by atoms with Crippen LogP contribution in [0.15, 0.2) is 30.3 Å². The van der Waals surface area contributed by atoms with Gasteiger partial charge in [0.05, 0.1) is 23.0 Å². The molecule has 126 valence electrons. The Balaban J connectivity index is 2.28. The Bertz CT molecular complexity index is 1070. The van der Waals surface area contributed by atoms with Crippen molar-refractivity contribution in [1.29, 1.82) is 0 Å². The standard InChI is InChI=1S/C17H11NO7/c1-23-9-2-3-10-8(4-9)5-12(18(21)22)14-11(17(19)20)6-13-16(15(10)14)25-7-24-13/h2-6H,7H2,1H3,(H,19,20). The minimum atomic E-state index is -1.28. The van der Waals surface area contributed by atoms with Crippen molar-refractivity contribution >= 4 is 33.2 Å². The largest absolute Gasteiger partial charge is 0.497 e. The lowest BCUT2D eigenvalue weighted by Gasteiger charge is -2.11. The number of fused-ring (bicyclic) bond motifs is 5. The Kier molecular flexibility index (Phi) is 3.14. The second-order valence-corrected chi connectivity index (χ2v) is 5.45. The zero-order chi connectivity index (χ0) is 17.7. The maximum atomic E-state index is 11.7. The molecule has 8 heteroatoms. The molecule has 4 rings (SSSR count). The van der Waals surface area contributed by atoms with Crippen molar-refractivity contribution in [3.8, 4) is 17.2 Å². The minimum absolute atomic E-state index is 0.0133. The van der Waals surface area contributed by atoms with Crippen LogP contribution < -0.4 is 14.2 Å². The fourth-order valence-electron chi connectivity index (χ4n) is 3.11. The minimum Gasteiger partial charge on any atom is -0.497 e. The summed E-state index contributed by atoms with van der Waals surface area (Å²) in [6.45, 7) is -0.0755. The van der Waals surface area contributed by atoms with Gasteiger partial charge in [-0.05, 0) is 35.0 Å². The summed E-state index contributed by atoms with van der Waals surface area (Å²) in [7, 11) is 1.49. The SMILES string of the molecule is COc1ccc2c(c1)cc([N+](=O)[O-])c1c(C(=O)O)cc3c(c12)OCO3. The van der Waals surface area contributed by atoms with Gasteiger partial charge in [-0.15, -0.1) is 0 Å². The second-order valence-electron chi connectivity index (χ2n) is 5.45. The van der Waals surface area contributed by atoms with Crippen molar-refractivity contribution in [2.45, 2.75) is 0 Å². The van der Waals surface area contributed by atoms with E-state index >= 15 is 0 Å². The topological polar surface area (TPSA) is 108 Å². The van der Waals surface area contributed by atoms with Crippen molar-refractivity contribution in [1.82, 2.24) is 0 Å². The van der Waals surface area contributed by atoms with Crippen molar-refractivity contribution in [2.24, 2.45) is 0 Å². The van der Waals surface area contributed by atoms with Crippen molar-refractivity contribution in [3.05, 3.63) is 46.0 Å². The van der Waals surface area contributed by atoms with Crippen molar-refractivity contribution < 1.29 is 29.0 Å². The Morgan fingerprint density at radius 3 is 2.72 bits per heavy atom. The number of rotatable bonds is 3. The number of methoxy groups -OCH3 is 1. The Hall–Kier alpha value is -3.55. The van der Waals surface area contributed by atoms with Crippen LogP contribution >= 0.6 is 0 Å². The highest BCUT2D eigenvalue weighted by Gasteiger charge is 2.29. The van der Waals surface area contributed by atoms with Gasteiger partial charge in [0, 0.05) is 11.5 Å². The number of hydrogen-bond acceptors (Lipinski definition) is 6. The van der Waals surface area contributed by atoms with Gasteiger partial charge in [-0.1, -0.05) is 0 Å². The zero-order valence-electron chi connectivity index (χ0n) is 12.9. The second kappa shape index (κ2) is 5.23. The van der Waals surface area contributed by atoms with Crippen LogP contribution in [0.25, 0.3) is 21.5 Å². The predicted octanol–water partition coefficient (Wildman–Crippen LogP) is 3.34. The molecule has 8 nitrogen and oxygen atoms in total. The summed E-state index contributed by atoms with van der Waals surface area (Å²) in [5.74, 6) is -0.190. The highest BCUT2D eigenvalue weighted by molar-refractivity contribution is 6.21. The lowest BCUT2D eigenvalue weighted by atomic mass is 9.95. The number of nitro groups is 1. The average molecular weight is 341 g/mol. The van der Waals surface area contributed by atoms with E-state index in [1.54, 1.807) is 18.2 Å². The first-order valence-corrected chi connectivity index (χ1v) is 7.26. The molecular weight excluding hydrogens is 330 g/mol. The van der Waals surface area contributed by atoms with E-state index in [0.717, 1.165) is 0 Å². The van der Waals surface area contributed by atoms with Crippen LogP contribution in [-0.2, 0) is 0 Å². The molecule has 0 aliphatic carbocycles. The molecule has 1 aliphatic heterocycles. The molecule has 0 aromatic heterocycles. The van der Waals surface area contributed by atoms with E-state index in [4.69, 9.17) is 14.2 Å². The molecule has 25 heavy (non-hydrogen) atoms. The van der Waals surface area contributed by atoms with E-state index < -0.39 is 10.9 Å². The third kappa shape index (κ3) is 2.11. The Morgan fingerprint density at radius 2 is 2.04 bits per heavy atom. The lowest BCUT2D eigenvalue weighted by molar-refractivity contribution is -0.383. The van der Waals surface area contributed by atoms with Crippen LogP contribution in [0.2, 0.25) is 0 Å². The molecule has 1 heterocycles. The van der Waals surface area contributed by atoms with Gasteiger partial charge in [-0.25, -0.2) is 4.79 Å². The van der Waals surface area contributed by atoms with Gasteiger partial charge in [0.2, 0.25) is 6.79 Å². The summed E-state index contributed by atoms with van der Waals surface area (Å²) in [4.78, 5) is 22.7. The molecule has 0 atom stereocenters. The number of nitrogens with zero attached hydrogens (tertiary/aromatic N) is 1. The molecule has 0 amide bonds. The van der Waals surface area contributed by atoms with E-state index in [-0.39, 0.29) is 29.2 Å². The van der Waals surface area contributed by atoms with Gasteiger partial charge in [0.25, 0.3) is 5.69 Å². The third-order valence-electron chi connectivity index (χ3n) is 4.17. The molecule has 3 aromatic carbocycles. The first-order chi connectivity index (χ1) is 12.0. The molecule has 1 N–H and O–H groups in total. The van der Waals surface area contributed by atoms with Crippen LogP contribution in [0, 0.1) is 10.1 Å². The molecule has 3 aromatic rings. The van der Waals surface area contributed by atoms with E-state index in [1.807, 2.05) is 0 Å². The highest BCUT2D eigenvalue weighted by Crippen LogP contribution is 2.47. The van der Waals surface area contributed by atoms with Crippen LogP contribution in [-0.4, -0.2) is 29.9 Å². The number of carbonyl (C=O) groups is 1. The number of ether oxygens (including phenoxy) is 3. The highest BCUT2D eigenvalue weighted by atomic mass is 16.7. The number of aromatic carboxylic acids is 1. The molecule has 1 aliphatic rings. The summed E-state index contributed by atoms with van der Waals surface area (Å²) in [5, 5.41) is 22.7. The number of hydrogen-bond donors (Lipinski definition) is 1. The molecule has 0 bridgehead atoms. The molecule has 0 unspecified atom stereocenters. The zero-order valence-corrected chi connectivity index (χ0v) is 12.9. The van der Waals surface area contributed by atoms with Crippen molar-refractivity contribution in [2.75, 3.05) is 13.9 Å². The van der Waals surface area contributed by atoms with Gasteiger partial charge in [-0.3, -0.25) is 10.1 Å². The third-order valence-corrected chi connectivity index (χ3v) is 4.17.